The van der Waals surface area contributed by atoms with Crippen LogP contribution in [0.1, 0.15) is 23.3 Å². The molecule has 0 N–H and O–H groups in total. The average Bonchev–Trinajstić information content (AvgIpc) is 3.09. The molecular weight excluding hydrogens is 334 g/mol. The Balaban J connectivity index is 1.95. The number of benzene rings is 2. The summed E-state index contributed by atoms with van der Waals surface area (Å²) in [4.78, 5) is 12.5. The minimum absolute atomic E-state index is 0.280. The Kier molecular flexibility index (Phi) is 5.50. The summed E-state index contributed by atoms with van der Waals surface area (Å²) in [6, 6.07) is 17.6. The van der Waals surface area contributed by atoms with E-state index in [0.717, 1.165) is 16.8 Å². The lowest BCUT2D eigenvalue weighted by Crippen LogP contribution is -2.14. The van der Waals surface area contributed by atoms with Crippen LogP contribution in [0.15, 0.2) is 66.1 Å². The summed E-state index contributed by atoms with van der Waals surface area (Å²) in [6.45, 7) is 4.18. The highest BCUT2D eigenvalue weighted by molar-refractivity contribution is 8.00. The largest absolute Gasteiger partial charge is 0.465 e. The molecule has 0 aliphatic rings. The van der Waals surface area contributed by atoms with Gasteiger partial charge >= 0.3 is 5.97 Å². The van der Waals surface area contributed by atoms with Crippen molar-refractivity contribution < 1.29 is 9.53 Å². The number of hydrogen-bond donors (Lipinski definition) is 0. The third-order valence-corrected chi connectivity index (χ3v) is 4.91. The standard InChI is InChI=1S/C19H19N3O2S/c1-3-24-18(23)17(15-10-5-4-6-11-15)25-19-21-20-13-22(19)16-12-8-7-9-14(16)2/h4-13,17H,3H2,1-2H3. The van der Waals surface area contributed by atoms with Gasteiger partial charge in [0.1, 0.15) is 11.6 Å². The number of rotatable bonds is 6. The second-order valence-corrected chi connectivity index (χ2v) is 6.50. The number of ether oxygens (including phenoxy) is 1. The zero-order valence-electron chi connectivity index (χ0n) is 14.1. The molecule has 1 heterocycles. The minimum Gasteiger partial charge on any atom is -0.465 e. The van der Waals surface area contributed by atoms with Crippen molar-refractivity contribution in [3.8, 4) is 5.69 Å². The van der Waals surface area contributed by atoms with Crippen LogP contribution in [0, 0.1) is 6.92 Å². The molecule has 1 atom stereocenters. The fraction of sp³-hybridized carbons (Fsp3) is 0.211. The molecule has 3 rings (SSSR count). The average molecular weight is 353 g/mol. The van der Waals surface area contributed by atoms with E-state index >= 15 is 0 Å². The van der Waals surface area contributed by atoms with E-state index in [0.29, 0.717) is 11.8 Å². The van der Waals surface area contributed by atoms with Crippen LogP contribution in [0.2, 0.25) is 0 Å². The molecule has 0 amide bonds. The monoisotopic (exact) mass is 353 g/mol. The van der Waals surface area contributed by atoms with Gasteiger partial charge in [0.15, 0.2) is 5.16 Å². The van der Waals surface area contributed by atoms with Crippen LogP contribution < -0.4 is 0 Å². The molecule has 2 aromatic carbocycles. The summed E-state index contributed by atoms with van der Waals surface area (Å²) >= 11 is 1.34. The fourth-order valence-electron chi connectivity index (χ4n) is 2.51. The number of para-hydroxylation sites is 1. The molecule has 0 saturated carbocycles. The first-order valence-electron chi connectivity index (χ1n) is 8.05. The maximum absolute atomic E-state index is 12.5. The molecule has 1 aromatic heterocycles. The van der Waals surface area contributed by atoms with Crippen molar-refractivity contribution in [3.63, 3.8) is 0 Å². The van der Waals surface area contributed by atoms with Crippen molar-refractivity contribution in [2.24, 2.45) is 0 Å². The molecule has 0 radical (unpaired) electrons. The molecule has 5 nitrogen and oxygen atoms in total. The van der Waals surface area contributed by atoms with Gasteiger partial charge in [-0.05, 0) is 31.0 Å². The van der Waals surface area contributed by atoms with Crippen LogP contribution >= 0.6 is 11.8 Å². The summed E-state index contributed by atoms with van der Waals surface area (Å²) in [6.07, 6.45) is 1.66. The van der Waals surface area contributed by atoms with Gasteiger partial charge < -0.3 is 4.74 Å². The third kappa shape index (κ3) is 3.91. The van der Waals surface area contributed by atoms with Crippen LogP contribution in [-0.4, -0.2) is 27.3 Å². The molecule has 0 saturated heterocycles. The molecule has 0 spiro atoms. The predicted octanol–water partition coefficient (Wildman–Crippen LogP) is 3.97. The smallest absolute Gasteiger partial charge is 0.324 e. The Labute approximate surface area is 151 Å². The first kappa shape index (κ1) is 17.2. The van der Waals surface area contributed by atoms with E-state index in [-0.39, 0.29) is 5.97 Å². The molecule has 25 heavy (non-hydrogen) atoms. The van der Waals surface area contributed by atoms with Gasteiger partial charge in [0.05, 0.1) is 12.3 Å². The van der Waals surface area contributed by atoms with E-state index in [1.54, 1.807) is 13.3 Å². The molecule has 0 fully saturated rings. The lowest BCUT2D eigenvalue weighted by Gasteiger charge is -2.16. The summed E-state index contributed by atoms with van der Waals surface area (Å²) in [5, 5.41) is 8.40. The van der Waals surface area contributed by atoms with E-state index in [1.165, 1.54) is 11.8 Å². The number of thioether (sulfide) groups is 1. The number of carbonyl (C=O) groups excluding carboxylic acids is 1. The van der Waals surface area contributed by atoms with Crippen molar-refractivity contribution in [2.45, 2.75) is 24.3 Å². The van der Waals surface area contributed by atoms with Crippen LogP contribution in [0.3, 0.4) is 0 Å². The summed E-state index contributed by atoms with van der Waals surface area (Å²) in [7, 11) is 0. The van der Waals surface area contributed by atoms with Gasteiger partial charge in [-0.2, -0.15) is 0 Å². The van der Waals surface area contributed by atoms with Crippen LogP contribution in [-0.2, 0) is 9.53 Å². The number of esters is 1. The van der Waals surface area contributed by atoms with E-state index in [9.17, 15) is 4.79 Å². The van der Waals surface area contributed by atoms with Crippen molar-refractivity contribution in [3.05, 3.63) is 72.1 Å². The Morgan fingerprint density at radius 3 is 2.60 bits per heavy atom. The van der Waals surface area contributed by atoms with E-state index in [2.05, 4.69) is 10.2 Å². The summed E-state index contributed by atoms with van der Waals surface area (Å²) in [5.74, 6) is -0.280. The molecule has 0 aliphatic carbocycles. The van der Waals surface area contributed by atoms with Crippen molar-refractivity contribution in [2.75, 3.05) is 6.61 Å². The van der Waals surface area contributed by atoms with Gasteiger partial charge in [-0.25, -0.2) is 0 Å². The number of hydrogen-bond acceptors (Lipinski definition) is 5. The lowest BCUT2D eigenvalue weighted by molar-refractivity contribution is -0.142. The molecule has 3 aromatic rings. The number of aryl methyl sites for hydroxylation is 1. The van der Waals surface area contributed by atoms with Gasteiger partial charge in [-0.3, -0.25) is 9.36 Å². The zero-order chi connectivity index (χ0) is 17.6. The lowest BCUT2D eigenvalue weighted by atomic mass is 10.1. The highest BCUT2D eigenvalue weighted by Gasteiger charge is 2.26. The molecule has 0 aliphatic heterocycles. The second-order valence-electron chi connectivity index (χ2n) is 5.43. The molecule has 6 heteroatoms. The Hall–Kier alpha value is -2.60. The Bertz CT molecular complexity index is 849. The molecule has 128 valence electrons. The molecule has 1 unspecified atom stereocenters. The maximum atomic E-state index is 12.5. The van der Waals surface area contributed by atoms with Crippen molar-refractivity contribution in [1.29, 1.82) is 0 Å². The first-order chi connectivity index (χ1) is 12.2. The summed E-state index contributed by atoms with van der Waals surface area (Å²) in [5.41, 5.74) is 2.98. The van der Waals surface area contributed by atoms with Gasteiger partial charge in [-0.15, -0.1) is 10.2 Å². The SMILES string of the molecule is CCOC(=O)C(Sc1nncn1-c1ccccc1C)c1ccccc1. The predicted molar refractivity (Wildman–Crippen MR) is 97.8 cm³/mol. The van der Waals surface area contributed by atoms with Crippen LogP contribution in [0.25, 0.3) is 5.69 Å². The fourth-order valence-corrected chi connectivity index (χ4v) is 3.53. The van der Waals surface area contributed by atoms with Crippen LogP contribution in [0.4, 0.5) is 0 Å². The first-order valence-corrected chi connectivity index (χ1v) is 8.93. The zero-order valence-corrected chi connectivity index (χ0v) is 14.9. The van der Waals surface area contributed by atoms with Gasteiger partial charge in [0, 0.05) is 0 Å². The number of aromatic nitrogens is 3. The quantitative estimate of drug-likeness (QED) is 0.496. The van der Waals surface area contributed by atoms with E-state index in [1.807, 2.05) is 66.1 Å². The minimum atomic E-state index is -0.492. The Morgan fingerprint density at radius 1 is 1.16 bits per heavy atom. The van der Waals surface area contributed by atoms with Gasteiger partial charge in [0.2, 0.25) is 0 Å². The van der Waals surface area contributed by atoms with Gasteiger partial charge in [-0.1, -0.05) is 60.3 Å². The van der Waals surface area contributed by atoms with Crippen molar-refractivity contribution in [1.82, 2.24) is 14.8 Å². The highest BCUT2D eigenvalue weighted by atomic mass is 32.2. The van der Waals surface area contributed by atoms with Crippen LogP contribution in [0.5, 0.6) is 0 Å². The van der Waals surface area contributed by atoms with Crippen molar-refractivity contribution >= 4 is 17.7 Å². The normalized spacial score (nSPS) is 11.9. The highest BCUT2D eigenvalue weighted by Crippen LogP contribution is 2.36. The topological polar surface area (TPSA) is 57.0 Å². The molecule has 0 bridgehead atoms. The third-order valence-electron chi connectivity index (χ3n) is 3.72. The van der Waals surface area contributed by atoms with E-state index in [4.69, 9.17) is 4.74 Å². The molecular formula is C19H19N3O2S. The van der Waals surface area contributed by atoms with E-state index < -0.39 is 5.25 Å². The number of nitrogens with zero attached hydrogens (tertiary/aromatic N) is 3. The maximum Gasteiger partial charge on any atom is 0.324 e. The van der Waals surface area contributed by atoms with Gasteiger partial charge in [0.25, 0.3) is 0 Å². The Morgan fingerprint density at radius 2 is 1.88 bits per heavy atom. The summed E-state index contributed by atoms with van der Waals surface area (Å²) < 4.78 is 7.16. The second kappa shape index (κ2) is 7.98. The number of carbonyl (C=O) groups is 1.